The molecule has 0 N–H and O–H groups in total. The van der Waals surface area contributed by atoms with Crippen molar-refractivity contribution < 1.29 is 0 Å². The van der Waals surface area contributed by atoms with E-state index in [-0.39, 0.29) is 0 Å². The molecule has 3 heteroatoms. The molecule has 0 saturated heterocycles. The molecule has 0 atom stereocenters. The van der Waals surface area contributed by atoms with Gasteiger partial charge in [-0.25, -0.2) is 0 Å². The first-order chi connectivity index (χ1) is 7.59. The molecule has 0 amide bonds. The molecule has 0 aliphatic heterocycles. The zero-order valence-electron chi connectivity index (χ0n) is 11.1. The van der Waals surface area contributed by atoms with Gasteiger partial charge >= 0.3 is 0 Å². The molecule has 16 heavy (non-hydrogen) atoms. The summed E-state index contributed by atoms with van der Waals surface area (Å²) in [6.45, 7) is 10.2. The molecule has 0 radical (unpaired) electrons. The van der Waals surface area contributed by atoms with Crippen LogP contribution < -0.4 is 0 Å². The Bertz CT molecular complexity index is 424. The van der Waals surface area contributed by atoms with Crippen molar-refractivity contribution in [1.29, 1.82) is 0 Å². The molecule has 88 valence electrons. The van der Waals surface area contributed by atoms with Gasteiger partial charge in [-0.3, -0.25) is 4.68 Å². The maximum absolute atomic E-state index is 4.45. The van der Waals surface area contributed by atoms with E-state index in [2.05, 4.69) is 48.6 Å². The van der Waals surface area contributed by atoms with Crippen LogP contribution in [0.25, 0.3) is 5.82 Å². The summed E-state index contributed by atoms with van der Waals surface area (Å²) >= 11 is 0. The fraction of sp³-hybridized carbons (Fsp3) is 0.462. The Kier molecular flexibility index (Phi) is 3.93. The monoisotopic (exact) mass is 219 g/mol. The van der Waals surface area contributed by atoms with E-state index >= 15 is 0 Å². The molecule has 2 rings (SSSR count). The van der Waals surface area contributed by atoms with Gasteiger partial charge in [0.05, 0.1) is 0 Å². The van der Waals surface area contributed by atoms with Crippen LogP contribution in [0.3, 0.4) is 0 Å². The molecule has 0 saturated carbocycles. The summed E-state index contributed by atoms with van der Waals surface area (Å²) in [5.41, 5.74) is 3.62. The molecular formula is C13H21N3. The van der Waals surface area contributed by atoms with Crippen molar-refractivity contribution in [3.8, 4) is 5.82 Å². The normalized spacial score (nSPS) is 9.88. The number of aryl methyl sites for hydroxylation is 4. The number of hydrogen-bond donors (Lipinski definition) is 0. The zero-order chi connectivity index (χ0) is 12.3. The Hall–Kier alpha value is -1.51. The van der Waals surface area contributed by atoms with Crippen LogP contribution in [-0.2, 0) is 7.05 Å². The number of aromatic nitrogens is 3. The predicted molar refractivity (Wildman–Crippen MR) is 68.1 cm³/mol. The summed E-state index contributed by atoms with van der Waals surface area (Å²) < 4.78 is 4.06. The summed E-state index contributed by atoms with van der Waals surface area (Å²) in [7, 11) is 1.97. The topological polar surface area (TPSA) is 22.8 Å². The Labute approximate surface area is 97.7 Å². The number of rotatable bonds is 1. The highest BCUT2D eigenvalue weighted by Gasteiger charge is 2.07. The molecule has 0 spiro atoms. The van der Waals surface area contributed by atoms with Gasteiger partial charge in [0.2, 0.25) is 0 Å². The van der Waals surface area contributed by atoms with Crippen molar-refractivity contribution in [2.75, 3.05) is 0 Å². The van der Waals surface area contributed by atoms with E-state index in [1.165, 1.54) is 17.1 Å². The summed E-state index contributed by atoms with van der Waals surface area (Å²) in [5, 5.41) is 4.45. The first-order valence-corrected chi connectivity index (χ1v) is 5.75. The summed E-state index contributed by atoms with van der Waals surface area (Å²) in [6.07, 6.45) is 0. The fourth-order valence-electron chi connectivity index (χ4n) is 1.68. The second-order valence-electron chi connectivity index (χ2n) is 3.72. The highest BCUT2D eigenvalue weighted by Crippen LogP contribution is 2.15. The summed E-state index contributed by atoms with van der Waals surface area (Å²) in [4.78, 5) is 0. The minimum atomic E-state index is 1.00. The van der Waals surface area contributed by atoms with E-state index < -0.39 is 0 Å². The third-order valence-corrected chi connectivity index (χ3v) is 2.60. The quantitative estimate of drug-likeness (QED) is 0.722. The van der Waals surface area contributed by atoms with Gasteiger partial charge in [0.1, 0.15) is 0 Å². The lowest BCUT2D eigenvalue weighted by molar-refractivity contribution is 0.723. The zero-order valence-corrected chi connectivity index (χ0v) is 11.1. The minimum absolute atomic E-state index is 1.00. The van der Waals surface area contributed by atoms with Crippen LogP contribution in [0.1, 0.15) is 30.9 Å². The maximum atomic E-state index is 4.45. The van der Waals surface area contributed by atoms with Gasteiger partial charge in [0.25, 0.3) is 0 Å². The lowest BCUT2D eigenvalue weighted by Gasteiger charge is -2.03. The molecule has 2 aromatic heterocycles. The molecule has 0 aromatic carbocycles. The van der Waals surface area contributed by atoms with Crippen LogP contribution in [-0.4, -0.2) is 14.3 Å². The Morgan fingerprint density at radius 3 is 1.81 bits per heavy atom. The average Bonchev–Trinajstić information content (AvgIpc) is 2.75. The van der Waals surface area contributed by atoms with Crippen LogP contribution in [0.2, 0.25) is 0 Å². The van der Waals surface area contributed by atoms with Crippen LogP contribution in [0.4, 0.5) is 0 Å². The van der Waals surface area contributed by atoms with Crippen LogP contribution in [0.15, 0.2) is 18.2 Å². The van der Waals surface area contributed by atoms with Crippen molar-refractivity contribution in [2.45, 2.75) is 34.6 Å². The second kappa shape index (κ2) is 5.01. The number of hydrogen-bond acceptors (Lipinski definition) is 1. The van der Waals surface area contributed by atoms with Gasteiger partial charge in [-0.2, -0.15) is 5.10 Å². The molecule has 0 unspecified atom stereocenters. The minimum Gasteiger partial charge on any atom is -0.302 e. The Balaban J connectivity index is 0.000000606. The van der Waals surface area contributed by atoms with Crippen molar-refractivity contribution in [2.24, 2.45) is 7.05 Å². The van der Waals surface area contributed by atoms with E-state index in [1.54, 1.807) is 0 Å². The SMILES string of the molecule is CC.Cc1cc(-n2c(C)ccc2C)nn1C. The third kappa shape index (κ3) is 2.18. The van der Waals surface area contributed by atoms with E-state index in [0.29, 0.717) is 0 Å². The highest BCUT2D eigenvalue weighted by atomic mass is 15.3. The molecule has 2 aromatic rings. The lowest BCUT2D eigenvalue weighted by atomic mass is 10.4. The molecule has 3 nitrogen and oxygen atoms in total. The molecular weight excluding hydrogens is 198 g/mol. The molecule has 2 heterocycles. The molecule has 0 aliphatic carbocycles. The van der Waals surface area contributed by atoms with E-state index in [4.69, 9.17) is 0 Å². The standard InChI is InChI=1S/C11H15N3.C2H6/c1-8-5-6-9(2)14(8)11-7-10(3)13(4)12-11;1-2/h5-7H,1-4H3;1-2H3. The van der Waals surface area contributed by atoms with Gasteiger partial charge in [-0.05, 0) is 32.9 Å². The summed E-state index contributed by atoms with van der Waals surface area (Å²) in [5.74, 6) is 1.00. The lowest BCUT2D eigenvalue weighted by Crippen LogP contribution is -2.00. The van der Waals surface area contributed by atoms with Crippen LogP contribution in [0, 0.1) is 20.8 Å². The van der Waals surface area contributed by atoms with Gasteiger partial charge in [0.15, 0.2) is 5.82 Å². The largest absolute Gasteiger partial charge is 0.302 e. The van der Waals surface area contributed by atoms with Crippen molar-refractivity contribution in [3.63, 3.8) is 0 Å². The van der Waals surface area contributed by atoms with Crippen molar-refractivity contribution in [1.82, 2.24) is 14.3 Å². The maximum Gasteiger partial charge on any atom is 0.159 e. The van der Waals surface area contributed by atoms with E-state index in [9.17, 15) is 0 Å². The van der Waals surface area contributed by atoms with Gasteiger partial charge in [-0.15, -0.1) is 0 Å². The van der Waals surface area contributed by atoms with Crippen LogP contribution >= 0.6 is 0 Å². The first-order valence-electron chi connectivity index (χ1n) is 5.75. The molecule has 0 bridgehead atoms. The average molecular weight is 219 g/mol. The fourth-order valence-corrected chi connectivity index (χ4v) is 1.68. The molecule has 0 aliphatic rings. The number of nitrogens with zero attached hydrogens (tertiary/aromatic N) is 3. The smallest absolute Gasteiger partial charge is 0.159 e. The molecule has 0 fully saturated rings. The van der Waals surface area contributed by atoms with Crippen molar-refractivity contribution in [3.05, 3.63) is 35.3 Å². The van der Waals surface area contributed by atoms with Gasteiger partial charge < -0.3 is 4.57 Å². The van der Waals surface area contributed by atoms with E-state index in [1.807, 2.05) is 25.6 Å². The summed E-state index contributed by atoms with van der Waals surface area (Å²) in [6, 6.07) is 6.32. The Morgan fingerprint density at radius 1 is 0.938 bits per heavy atom. The predicted octanol–water partition coefficient (Wildman–Crippen LogP) is 3.16. The van der Waals surface area contributed by atoms with E-state index in [0.717, 1.165) is 5.82 Å². The second-order valence-corrected chi connectivity index (χ2v) is 3.72. The van der Waals surface area contributed by atoms with Crippen molar-refractivity contribution >= 4 is 0 Å². The van der Waals surface area contributed by atoms with Crippen LogP contribution in [0.5, 0.6) is 0 Å². The Morgan fingerprint density at radius 2 is 1.44 bits per heavy atom. The van der Waals surface area contributed by atoms with Gasteiger partial charge in [-0.1, -0.05) is 13.8 Å². The highest BCUT2D eigenvalue weighted by molar-refractivity contribution is 5.32. The third-order valence-electron chi connectivity index (χ3n) is 2.60. The first kappa shape index (κ1) is 12.6. The van der Waals surface area contributed by atoms with Gasteiger partial charge in [0, 0.05) is 30.2 Å².